The van der Waals surface area contributed by atoms with E-state index in [0.717, 1.165) is 26.3 Å². The summed E-state index contributed by atoms with van der Waals surface area (Å²) in [5.41, 5.74) is 1.11. The van der Waals surface area contributed by atoms with Gasteiger partial charge in [-0.2, -0.15) is 0 Å². The molecule has 0 radical (unpaired) electrons. The van der Waals surface area contributed by atoms with Crippen molar-refractivity contribution in [2.24, 2.45) is 0 Å². The molecule has 1 aliphatic heterocycles. The van der Waals surface area contributed by atoms with E-state index in [9.17, 15) is 9.90 Å². The molecular weight excluding hydrogens is 414 g/mol. The van der Waals surface area contributed by atoms with Crippen LogP contribution in [0.2, 0.25) is 0 Å². The van der Waals surface area contributed by atoms with E-state index in [2.05, 4.69) is 20.2 Å². The average molecular weight is 440 g/mol. The molecule has 2 N–H and O–H groups in total. The topological polar surface area (TPSA) is 90.8 Å². The molecule has 2 aromatic heterocycles. The van der Waals surface area contributed by atoms with Crippen LogP contribution in [0.5, 0.6) is 0 Å². The molecule has 4 rings (SSSR count). The number of ether oxygens (including phenoxy) is 1. The van der Waals surface area contributed by atoms with Crippen LogP contribution in [0.15, 0.2) is 54.0 Å². The van der Waals surface area contributed by atoms with Crippen molar-refractivity contribution in [2.45, 2.75) is 19.7 Å². The van der Waals surface area contributed by atoms with Crippen LogP contribution in [0, 0.1) is 0 Å². The monoisotopic (exact) mass is 439 g/mol. The highest BCUT2D eigenvalue weighted by Crippen LogP contribution is 2.29. The van der Waals surface area contributed by atoms with E-state index in [0.29, 0.717) is 34.4 Å². The fourth-order valence-corrected chi connectivity index (χ4v) is 4.20. The molecule has 8 nitrogen and oxygen atoms in total. The summed E-state index contributed by atoms with van der Waals surface area (Å²) in [5, 5.41) is 16.0. The number of aromatic nitrogens is 2. The number of carbonyl (C=O) groups excluding carboxylic acids is 1. The second kappa shape index (κ2) is 9.97. The lowest BCUT2D eigenvalue weighted by atomic mass is 10.2. The molecule has 162 valence electrons. The van der Waals surface area contributed by atoms with Crippen molar-refractivity contribution in [3.8, 4) is 0 Å². The second-order valence-electron chi connectivity index (χ2n) is 7.18. The minimum atomic E-state index is -0.971. The van der Waals surface area contributed by atoms with Gasteiger partial charge in [-0.1, -0.05) is 18.2 Å². The number of carbonyl (C=O) groups is 1. The number of amides is 1. The Labute approximate surface area is 185 Å². The number of aliphatic hydroxyl groups excluding tert-OH is 1. The fourth-order valence-electron chi connectivity index (χ4n) is 3.42. The third-order valence-electron chi connectivity index (χ3n) is 4.94. The number of hydrogen-bond donors (Lipinski definition) is 2. The van der Waals surface area contributed by atoms with Gasteiger partial charge in [0.2, 0.25) is 0 Å². The summed E-state index contributed by atoms with van der Waals surface area (Å²) in [4.78, 5) is 25.9. The smallest absolute Gasteiger partial charge is 0.263 e. The number of para-hydroxylation sites is 1. The Morgan fingerprint density at radius 3 is 2.77 bits per heavy atom. The lowest BCUT2D eigenvalue weighted by molar-refractivity contribution is 0.0331. The molecular formula is C22H25N5O3S. The molecule has 9 heteroatoms. The molecule has 31 heavy (non-hydrogen) atoms. The minimum Gasteiger partial charge on any atom is -0.379 e. The number of nitrogens with zero attached hydrogens (tertiary/aromatic N) is 4. The molecule has 1 aliphatic rings. The van der Waals surface area contributed by atoms with Gasteiger partial charge in [0, 0.05) is 25.0 Å². The fraction of sp³-hybridized carbons (Fsp3) is 0.318. The predicted molar refractivity (Wildman–Crippen MR) is 121 cm³/mol. The molecule has 1 fully saturated rings. The third kappa shape index (κ3) is 5.26. The summed E-state index contributed by atoms with van der Waals surface area (Å²) >= 11 is 1.41. The van der Waals surface area contributed by atoms with Crippen LogP contribution in [-0.4, -0.2) is 58.4 Å². The van der Waals surface area contributed by atoms with Gasteiger partial charge in [-0.05, 0) is 36.6 Å². The van der Waals surface area contributed by atoms with Gasteiger partial charge in [0.25, 0.3) is 5.91 Å². The van der Waals surface area contributed by atoms with Gasteiger partial charge >= 0.3 is 0 Å². The van der Waals surface area contributed by atoms with E-state index in [4.69, 9.17) is 4.74 Å². The molecule has 1 aromatic carbocycles. The standard InChI is InChI=1S/C22H25N5O3S/c1-16(28)27(17-5-3-2-4-6-17)22(29)18-8-14-31-21(18)25-19-7-9-23-20(24-19)15-26-10-12-30-13-11-26/h2-9,14,16,28H,10-13,15H2,1H3,(H,23,24,25). The van der Waals surface area contributed by atoms with Gasteiger partial charge < -0.3 is 15.2 Å². The number of aliphatic hydroxyl groups is 1. The second-order valence-corrected chi connectivity index (χ2v) is 8.09. The highest BCUT2D eigenvalue weighted by Gasteiger charge is 2.25. The first-order chi connectivity index (χ1) is 15.1. The molecule has 3 aromatic rings. The van der Waals surface area contributed by atoms with Crippen molar-refractivity contribution in [1.82, 2.24) is 14.9 Å². The van der Waals surface area contributed by atoms with Gasteiger partial charge in [-0.25, -0.2) is 9.97 Å². The van der Waals surface area contributed by atoms with E-state index in [1.165, 1.54) is 16.2 Å². The Hall–Kier alpha value is -2.85. The van der Waals surface area contributed by atoms with Crippen molar-refractivity contribution < 1.29 is 14.6 Å². The molecule has 1 atom stereocenters. The van der Waals surface area contributed by atoms with Crippen LogP contribution < -0.4 is 10.2 Å². The summed E-state index contributed by atoms with van der Waals surface area (Å²) in [6, 6.07) is 12.7. The number of nitrogens with one attached hydrogen (secondary N) is 1. The van der Waals surface area contributed by atoms with Crippen molar-refractivity contribution in [3.05, 3.63) is 65.4 Å². The molecule has 0 bridgehead atoms. The zero-order valence-electron chi connectivity index (χ0n) is 17.3. The molecule has 1 saturated heterocycles. The lowest BCUT2D eigenvalue weighted by Crippen LogP contribution is -2.38. The summed E-state index contributed by atoms with van der Waals surface area (Å²) in [6.45, 7) is 5.39. The summed E-state index contributed by atoms with van der Waals surface area (Å²) < 4.78 is 5.39. The molecule has 0 saturated carbocycles. The van der Waals surface area contributed by atoms with Crippen LogP contribution in [0.25, 0.3) is 0 Å². The zero-order valence-corrected chi connectivity index (χ0v) is 18.1. The lowest BCUT2D eigenvalue weighted by Gasteiger charge is -2.26. The largest absolute Gasteiger partial charge is 0.379 e. The van der Waals surface area contributed by atoms with E-state index >= 15 is 0 Å². The minimum absolute atomic E-state index is 0.285. The summed E-state index contributed by atoms with van der Waals surface area (Å²) in [7, 11) is 0. The summed E-state index contributed by atoms with van der Waals surface area (Å²) in [6.07, 6.45) is 0.744. The van der Waals surface area contributed by atoms with Crippen LogP contribution in [0.1, 0.15) is 23.1 Å². The molecule has 3 heterocycles. The van der Waals surface area contributed by atoms with Crippen LogP contribution >= 0.6 is 11.3 Å². The third-order valence-corrected chi connectivity index (χ3v) is 5.77. The normalized spacial score (nSPS) is 15.4. The Balaban J connectivity index is 1.52. The quantitative estimate of drug-likeness (QED) is 0.547. The maximum atomic E-state index is 13.3. The highest BCUT2D eigenvalue weighted by atomic mass is 32.1. The van der Waals surface area contributed by atoms with Crippen LogP contribution in [0.3, 0.4) is 0 Å². The van der Waals surface area contributed by atoms with E-state index in [1.807, 2.05) is 23.6 Å². The number of morpholine rings is 1. The van der Waals surface area contributed by atoms with Crippen molar-refractivity contribution in [3.63, 3.8) is 0 Å². The van der Waals surface area contributed by atoms with E-state index < -0.39 is 6.23 Å². The van der Waals surface area contributed by atoms with Gasteiger partial charge in [-0.15, -0.1) is 11.3 Å². The van der Waals surface area contributed by atoms with Gasteiger partial charge in [0.15, 0.2) is 0 Å². The Morgan fingerprint density at radius 2 is 2.03 bits per heavy atom. The summed E-state index contributed by atoms with van der Waals surface area (Å²) in [5.74, 6) is 1.05. The first-order valence-corrected chi connectivity index (χ1v) is 11.0. The Kier molecular flexibility index (Phi) is 6.88. The number of thiophene rings is 1. The first kappa shape index (κ1) is 21.4. The van der Waals surface area contributed by atoms with Gasteiger partial charge in [0.05, 0.1) is 25.3 Å². The van der Waals surface area contributed by atoms with E-state index in [-0.39, 0.29) is 5.91 Å². The van der Waals surface area contributed by atoms with Crippen molar-refractivity contribution >= 4 is 33.8 Å². The van der Waals surface area contributed by atoms with E-state index in [1.54, 1.807) is 37.4 Å². The Morgan fingerprint density at radius 1 is 1.26 bits per heavy atom. The maximum absolute atomic E-state index is 13.3. The zero-order chi connectivity index (χ0) is 21.6. The first-order valence-electron chi connectivity index (χ1n) is 10.1. The maximum Gasteiger partial charge on any atom is 0.263 e. The average Bonchev–Trinajstić information content (AvgIpc) is 3.23. The number of anilines is 3. The molecule has 1 amide bonds. The Bertz CT molecular complexity index is 1010. The van der Waals surface area contributed by atoms with Gasteiger partial charge in [0.1, 0.15) is 22.9 Å². The van der Waals surface area contributed by atoms with Crippen LogP contribution in [0.4, 0.5) is 16.5 Å². The van der Waals surface area contributed by atoms with Crippen LogP contribution in [-0.2, 0) is 11.3 Å². The molecule has 0 aliphatic carbocycles. The SMILES string of the molecule is CC(O)N(C(=O)c1ccsc1Nc1ccnc(CN2CCOCC2)n1)c1ccccc1. The predicted octanol–water partition coefficient (Wildman–Crippen LogP) is 3.10. The van der Waals surface area contributed by atoms with Gasteiger partial charge in [-0.3, -0.25) is 14.6 Å². The number of benzene rings is 1. The number of hydrogen-bond acceptors (Lipinski definition) is 8. The molecule has 1 unspecified atom stereocenters. The van der Waals surface area contributed by atoms with Crippen molar-refractivity contribution in [1.29, 1.82) is 0 Å². The number of rotatable bonds is 7. The van der Waals surface area contributed by atoms with Crippen molar-refractivity contribution in [2.75, 3.05) is 36.5 Å². The highest BCUT2D eigenvalue weighted by molar-refractivity contribution is 7.14. The molecule has 0 spiro atoms.